The number of pyridine rings is 1. The standard InChI is InChI=1S/C29H30N4O7/c1-3-39-27(36)18-5-4-10-32(15-18)24-9-8-22-21(30-24)12-23(40-22)29(13-25(34)31-28(29)37)16-33-14-17-6-7-19(38-2)11-20(17)26(33)35/h6-9,11-12,18H,3-5,10,13-16H2,1-2H3,(H,31,34,37)/t18?,29-/m1/s1. The van der Waals surface area contributed by atoms with Crippen molar-refractivity contribution in [3.8, 4) is 5.75 Å². The second-order valence-electron chi connectivity index (χ2n) is 10.5. The van der Waals surface area contributed by atoms with Crippen molar-refractivity contribution in [3.63, 3.8) is 0 Å². The highest BCUT2D eigenvalue weighted by molar-refractivity contribution is 6.10. The van der Waals surface area contributed by atoms with Crippen LogP contribution < -0.4 is 15.0 Å². The first-order valence-corrected chi connectivity index (χ1v) is 13.4. The lowest BCUT2D eigenvalue weighted by molar-refractivity contribution is -0.148. The number of nitrogens with one attached hydrogen (secondary N) is 1. The van der Waals surface area contributed by atoms with Crippen molar-refractivity contribution in [2.45, 2.75) is 38.1 Å². The zero-order chi connectivity index (χ0) is 28.0. The van der Waals surface area contributed by atoms with Gasteiger partial charge in [-0.15, -0.1) is 0 Å². The molecule has 0 bridgehead atoms. The molecule has 2 fully saturated rings. The molecule has 0 spiro atoms. The van der Waals surface area contributed by atoms with Crippen LogP contribution in [0.25, 0.3) is 11.1 Å². The fraction of sp³-hybridized carbons (Fsp3) is 0.414. The van der Waals surface area contributed by atoms with E-state index in [2.05, 4.69) is 5.32 Å². The van der Waals surface area contributed by atoms with Crippen LogP contribution >= 0.6 is 0 Å². The third-order valence-corrected chi connectivity index (χ3v) is 8.00. The number of carbonyl (C=O) groups is 4. The lowest BCUT2D eigenvalue weighted by Gasteiger charge is -2.32. The van der Waals surface area contributed by atoms with Crippen molar-refractivity contribution < 1.29 is 33.1 Å². The normalized spacial score (nSPS) is 22.6. The number of carbonyl (C=O) groups excluding carboxylic acids is 4. The van der Waals surface area contributed by atoms with E-state index in [0.717, 1.165) is 24.9 Å². The molecule has 3 aromatic rings. The van der Waals surface area contributed by atoms with Gasteiger partial charge in [0.2, 0.25) is 11.8 Å². The molecule has 11 heteroatoms. The maximum absolute atomic E-state index is 13.3. The summed E-state index contributed by atoms with van der Waals surface area (Å²) in [6, 6.07) is 10.6. The maximum atomic E-state index is 13.3. The van der Waals surface area contributed by atoms with Crippen LogP contribution in [0.5, 0.6) is 5.75 Å². The number of anilines is 1. The highest BCUT2D eigenvalue weighted by atomic mass is 16.5. The number of hydrogen-bond acceptors (Lipinski definition) is 9. The van der Waals surface area contributed by atoms with Crippen molar-refractivity contribution in [2.75, 3.05) is 38.3 Å². The van der Waals surface area contributed by atoms with Crippen molar-refractivity contribution in [1.82, 2.24) is 15.2 Å². The first-order valence-electron chi connectivity index (χ1n) is 13.4. The van der Waals surface area contributed by atoms with E-state index in [0.29, 0.717) is 47.9 Å². The fourth-order valence-electron chi connectivity index (χ4n) is 5.93. The van der Waals surface area contributed by atoms with Crippen LogP contribution in [-0.2, 0) is 31.1 Å². The molecule has 6 rings (SSSR count). The molecular weight excluding hydrogens is 516 g/mol. The van der Waals surface area contributed by atoms with Gasteiger partial charge in [0, 0.05) is 37.8 Å². The number of imide groups is 1. The Bertz CT molecular complexity index is 1530. The zero-order valence-electron chi connectivity index (χ0n) is 22.4. The lowest BCUT2D eigenvalue weighted by Crippen LogP contribution is -2.46. The Morgan fingerprint density at radius 2 is 2.05 bits per heavy atom. The molecule has 3 amide bonds. The Labute approximate surface area is 230 Å². The summed E-state index contributed by atoms with van der Waals surface area (Å²) in [4.78, 5) is 59.7. The van der Waals surface area contributed by atoms with Crippen LogP contribution in [0.1, 0.15) is 47.9 Å². The van der Waals surface area contributed by atoms with Gasteiger partial charge in [-0.1, -0.05) is 6.07 Å². The molecule has 2 atom stereocenters. The van der Waals surface area contributed by atoms with Crippen LogP contribution in [-0.4, -0.2) is 66.9 Å². The number of rotatable bonds is 7. The molecular formula is C29H30N4O7. The number of ether oxygens (including phenoxy) is 2. The summed E-state index contributed by atoms with van der Waals surface area (Å²) in [7, 11) is 1.54. The summed E-state index contributed by atoms with van der Waals surface area (Å²) < 4.78 is 16.6. The van der Waals surface area contributed by atoms with Gasteiger partial charge in [0.05, 0.1) is 26.1 Å². The summed E-state index contributed by atoms with van der Waals surface area (Å²) in [5.41, 5.74) is 0.935. The molecule has 208 valence electrons. The predicted molar refractivity (Wildman–Crippen MR) is 143 cm³/mol. The summed E-state index contributed by atoms with van der Waals surface area (Å²) >= 11 is 0. The number of amides is 3. The van der Waals surface area contributed by atoms with Gasteiger partial charge in [-0.05, 0) is 49.6 Å². The van der Waals surface area contributed by atoms with Crippen LogP contribution in [0.15, 0.2) is 40.8 Å². The number of fused-ring (bicyclic) bond motifs is 2. The van der Waals surface area contributed by atoms with Crippen molar-refractivity contribution in [3.05, 3.63) is 53.3 Å². The molecule has 2 aromatic heterocycles. The van der Waals surface area contributed by atoms with Crippen LogP contribution in [0.4, 0.5) is 5.82 Å². The molecule has 2 saturated heterocycles. The molecule has 11 nitrogen and oxygen atoms in total. The Morgan fingerprint density at radius 1 is 1.20 bits per heavy atom. The van der Waals surface area contributed by atoms with E-state index in [1.165, 1.54) is 7.11 Å². The average molecular weight is 547 g/mol. The average Bonchev–Trinajstić information content (AvgIpc) is 3.61. The number of piperidine rings is 1. The number of benzene rings is 1. The van der Waals surface area contributed by atoms with Gasteiger partial charge in [0.15, 0.2) is 5.58 Å². The summed E-state index contributed by atoms with van der Waals surface area (Å²) in [6.45, 7) is 3.68. The van der Waals surface area contributed by atoms with E-state index in [-0.39, 0.29) is 36.5 Å². The predicted octanol–water partition coefficient (Wildman–Crippen LogP) is 2.56. The second kappa shape index (κ2) is 9.96. The summed E-state index contributed by atoms with van der Waals surface area (Å²) in [6.07, 6.45) is 1.46. The van der Waals surface area contributed by atoms with Crippen molar-refractivity contribution >= 4 is 40.6 Å². The Balaban J connectivity index is 1.30. The first-order chi connectivity index (χ1) is 19.3. The molecule has 1 unspecified atom stereocenters. The van der Waals surface area contributed by atoms with Crippen LogP contribution in [0.2, 0.25) is 0 Å². The molecule has 1 aromatic carbocycles. The van der Waals surface area contributed by atoms with E-state index in [1.54, 1.807) is 36.1 Å². The topological polar surface area (TPSA) is 131 Å². The number of methoxy groups -OCH3 is 1. The monoisotopic (exact) mass is 546 g/mol. The minimum absolute atomic E-state index is 0.0274. The Kier molecular flexibility index (Phi) is 6.44. The molecule has 0 radical (unpaired) electrons. The second-order valence-corrected chi connectivity index (χ2v) is 10.5. The quantitative estimate of drug-likeness (QED) is 0.351. The van der Waals surface area contributed by atoms with E-state index >= 15 is 0 Å². The van der Waals surface area contributed by atoms with Gasteiger partial charge < -0.3 is 23.7 Å². The lowest BCUT2D eigenvalue weighted by atomic mass is 9.82. The number of esters is 1. The Hall–Kier alpha value is -4.41. The van der Waals surface area contributed by atoms with Gasteiger partial charge in [0.25, 0.3) is 5.91 Å². The number of hydrogen-bond donors (Lipinski definition) is 1. The van der Waals surface area contributed by atoms with Gasteiger partial charge >= 0.3 is 5.97 Å². The van der Waals surface area contributed by atoms with Gasteiger partial charge in [-0.2, -0.15) is 0 Å². The van der Waals surface area contributed by atoms with E-state index in [1.807, 2.05) is 17.0 Å². The van der Waals surface area contributed by atoms with Gasteiger partial charge in [-0.25, -0.2) is 4.98 Å². The van der Waals surface area contributed by atoms with Crippen LogP contribution in [0.3, 0.4) is 0 Å². The van der Waals surface area contributed by atoms with Crippen LogP contribution in [0, 0.1) is 5.92 Å². The highest BCUT2D eigenvalue weighted by Crippen LogP contribution is 2.39. The fourth-order valence-corrected chi connectivity index (χ4v) is 5.93. The molecule has 1 N–H and O–H groups in total. The van der Waals surface area contributed by atoms with E-state index < -0.39 is 17.2 Å². The first kappa shape index (κ1) is 25.8. The largest absolute Gasteiger partial charge is 0.497 e. The molecule has 0 aliphatic carbocycles. The third-order valence-electron chi connectivity index (χ3n) is 8.00. The smallest absolute Gasteiger partial charge is 0.310 e. The van der Waals surface area contributed by atoms with Crippen molar-refractivity contribution in [2.24, 2.45) is 5.92 Å². The SMILES string of the molecule is CCOC(=O)C1CCCN(c2ccc3oc([C@]4(CN5Cc6ccc(OC)cc6C5=O)CC(=O)NC4=O)cc3n2)C1. The number of nitrogens with zero attached hydrogens (tertiary/aromatic N) is 3. The zero-order valence-corrected chi connectivity index (χ0v) is 22.4. The van der Waals surface area contributed by atoms with E-state index in [4.69, 9.17) is 18.9 Å². The molecule has 5 heterocycles. The minimum Gasteiger partial charge on any atom is -0.497 e. The summed E-state index contributed by atoms with van der Waals surface area (Å²) in [5, 5.41) is 2.40. The molecule has 40 heavy (non-hydrogen) atoms. The summed E-state index contributed by atoms with van der Waals surface area (Å²) in [5.74, 6) is -0.0555. The van der Waals surface area contributed by atoms with Gasteiger partial charge in [0.1, 0.15) is 28.3 Å². The number of aromatic nitrogens is 1. The molecule has 3 aliphatic rings. The van der Waals surface area contributed by atoms with Gasteiger partial charge in [-0.3, -0.25) is 24.5 Å². The molecule has 0 saturated carbocycles. The maximum Gasteiger partial charge on any atom is 0.310 e. The Morgan fingerprint density at radius 3 is 2.80 bits per heavy atom. The molecule has 3 aliphatic heterocycles. The third kappa shape index (κ3) is 4.35. The number of furan rings is 1. The minimum atomic E-state index is -1.39. The van der Waals surface area contributed by atoms with E-state index in [9.17, 15) is 19.2 Å². The highest BCUT2D eigenvalue weighted by Gasteiger charge is 2.53. The van der Waals surface area contributed by atoms with Crippen molar-refractivity contribution in [1.29, 1.82) is 0 Å².